The number of ether oxygens (including phenoxy) is 3. The molecule has 0 aromatic heterocycles. The molecular weight excluding hydrogens is 416 g/mol. The van der Waals surface area contributed by atoms with Gasteiger partial charge in [-0.2, -0.15) is 5.26 Å². The van der Waals surface area contributed by atoms with Crippen molar-refractivity contribution in [2.45, 2.75) is 0 Å². The number of nitrogens with zero attached hydrogens (tertiary/aromatic N) is 1. The van der Waals surface area contributed by atoms with Gasteiger partial charge in [-0.25, -0.2) is 0 Å². The number of nitriles is 1. The minimum Gasteiger partial charge on any atom is -0.503 e. The molecule has 0 radical (unpaired) electrons. The molecule has 0 bridgehead atoms. The smallest absolute Gasteiger partial charge is 0.266 e. The Morgan fingerprint density at radius 1 is 1.11 bits per heavy atom. The van der Waals surface area contributed by atoms with Crippen LogP contribution in [0.3, 0.4) is 0 Å². The van der Waals surface area contributed by atoms with Crippen molar-refractivity contribution in [3.63, 3.8) is 0 Å². The predicted octanol–water partition coefficient (Wildman–Crippen LogP) is 3.73. The Labute approximate surface area is 164 Å². The number of benzene rings is 2. The Hall–Kier alpha value is -3.18. The molecule has 0 fully saturated rings. The Bertz CT molecular complexity index is 934. The quantitative estimate of drug-likeness (QED) is 0.532. The van der Waals surface area contributed by atoms with Gasteiger partial charge in [-0.15, -0.1) is 0 Å². The fourth-order valence-electron chi connectivity index (χ4n) is 2.26. The highest BCUT2D eigenvalue weighted by Crippen LogP contribution is 2.36. The molecule has 2 aromatic rings. The molecule has 2 N–H and O–H groups in total. The van der Waals surface area contributed by atoms with Gasteiger partial charge in [0.2, 0.25) is 0 Å². The molecular formula is C19H17BrN2O5. The van der Waals surface area contributed by atoms with Crippen molar-refractivity contribution < 1.29 is 24.1 Å². The average molecular weight is 433 g/mol. The Morgan fingerprint density at radius 2 is 1.78 bits per heavy atom. The first-order valence-corrected chi connectivity index (χ1v) is 8.44. The molecule has 0 heterocycles. The number of anilines is 1. The van der Waals surface area contributed by atoms with E-state index in [1.165, 1.54) is 33.5 Å². The van der Waals surface area contributed by atoms with Gasteiger partial charge in [0.15, 0.2) is 23.0 Å². The van der Waals surface area contributed by atoms with Gasteiger partial charge in [0, 0.05) is 11.8 Å². The first-order valence-electron chi connectivity index (χ1n) is 7.65. The van der Waals surface area contributed by atoms with Crippen LogP contribution in [0.25, 0.3) is 6.08 Å². The van der Waals surface area contributed by atoms with Gasteiger partial charge < -0.3 is 24.6 Å². The molecule has 0 saturated heterocycles. The second-order valence-corrected chi connectivity index (χ2v) is 6.10. The van der Waals surface area contributed by atoms with Crippen LogP contribution in [0.5, 0.6) is 23.0 Å². The van der Waals surface area contributed by atoms with Crippen molar-refractivity contribution in [1.82, 2.24) is 0 Å². The predicted molar refractivity (Wildman–Crippen MR) is 104 cm³/mol. The maximum absolute atomic E-state index is 12.4. The number of aromatic hydroxyl groups is 1. The van der Waals surface area contributed by atoms with Gasteiger partial charge in [-0.3, -0.25) is 4.79 Å². The van der Waals surface area contributed by atoms with Crippen molar-refractivity contribution >= 4 is 33.6 Å². The van der Waals surface area contributed by atoms with E-state index in [1.54, 1.807) is 24.3 Å². The standard InChI is InChI=1S/C19H17BrN2O5/c1-25-15-5-4-13(9-16(15)26-2)22-19(24)12(10-21)6-11-7-14(20)18(23)17(8-11)27-3/h4-9,23H,1-3H3,(H,22,24)/b12-6-. The lowest BCUT2D eigenvalue weighted by Crippen LogP contribution is -2.13. The van der Waals surface area contributed by atoms with Crippen LogP contribution in [0, 0.1) is 11.3 Å². The van der Waals surface area contributed by atoms with E-state index in [0.29, 0.717) is 27.2 Å². The molecule has 27 heavy (non-hydrogen) atoms. The number of phenols is 1. The topological polar surface area (TPSA) is 101 Å². The summed E-state index contributed by atoms with van der Waals surface area (Å²) in [5, 5.41) is 21.8. The number of carbonyl (C=O) groups is 1. The maximum atomic E-state index is 12.4. The fourth-order valence-corrected chi connectivity index (χ4v) is 2.72. The summed E-state index contributed by atoms with van der Waals surface area (Å²) in [4.78, 5) is 12.4. The molecule has 2 aromatic carbocycles. The fraction of sp³-hybridized carbons (Fsp3) is 0.158. The summed E-state index contributed by atoms with van der Waals surface area (Å²) in [5.74, 6) is 0.529. The van der Waals surface area contributed by atoms with Gasteiger partial charge in [0.1, 0.15) is 11.6 Å². The molecule has 1 amide bonds. The van der Waals surface area contributed by atoms with Crippen LogP contribution in [0.15, 0.2) is 40.4 Å². The normalized spacial score (nSPS) is 10.7. The van der Waals surface area contributed by atoms with Crippen molar-refractivity contribution in [3.8, 4) is 29.1 Å². The van der Waals surface area contributed by atoms with E-state index in [4.69, 9.17) is 14.2 Å². The van der Waals surface area contributed by atoms with Crippen LogP contribution in [0.2, 0.25) is 0 Å². The largest absolute Gasteiger partial charge is 0.503 e. The minimum absolute atomic E-state index is 0.0667. The Balaban J connectivity index is 2.30. The van der Waals surface area contributed by atoms with Gasteiger partial charge in [0.25, 0.3) is 5.91 Å². The highest BCUT2D eigenvalue weighted by atomic mass is 79.9. The highest BCUT2D eigenvalue weighted by Gasteiger charge is 2.13. The molecule has 0 saturated carbocycles. The average Bonchev–Trinajstić information content (AvgIpc) is 2.68. The van der Waals surface area contributed by atoms with Crippen LogP contribution in [-0.4, -0.2) is 32.3 Å². The zero-order valence-electron chi connectivity index (χ0n) is 14.9. The maximum Gasteiger partial charge on any atom is 0.266 e. The van der Waals surface area contributed by atoms with Crippen molar-refractivity contribution in [2.24, 2.45) is 0 Å². The van der Waals surface area contributed by atoms with E-state index in [9.17, 15) is 15.2 Å². The van der Waals surface area contributed by atoms with E-state index >= 15 is 0 Å². The lowest BCUT2D eigenvalue weighted by atomic mass is 10.1. The molecule has 0 aliphatic rings. The lowest BCUT2D eigenvalue weighted by Gasteiger charge is -2.10. The summed E-state index contributed by atoms with van der Waals surface area (Å²) < 4.78 is 15.8. The number of hydrogen-bond donors (Lipinski definition) is 2. The van der Waals surface area contributed by atoms with E-state index in [2.05, 4.69) is 21.2 Å². The number of amides is 1. The number of nitrogens with one attached hydrogen (secondary N) is 1. The molecule has 0 aliphatic heterocycles. The summed E-state index contributed by atoms with van der Waals surface area (Å²) in [7, 11) is 4.40. The molecule has 7 nitrogen and oxygen atoms in total. The van der Waals surface area contributed by atoms with Gasteiger partial charge in [0.05, 0.1) is 25.8 Å². The molecule has 2 rings (SSSR count). The summed E-state index contributed by atoms with van der Waals surface area (Å²) in [6.07, 6.45) is 1.39. The van der Waals surface area contributed by atoms with Crippen molar-refractivity contribution in [1.29, 1.82) is 5.26 Å². The first-order chi connectivity index (χ1) is 12.9. The zero-order chi connectivity index (χ0) is 20.0. The molecule has 0 spiro atoms. The van der Waals surface area contributed by atoms with Crippen molar-refractivity contribution in [3.05, 3.63) is 45.9 Å². The van der Waals surface area contributed by atoms with E-state index in [0.717, 1.165) is 0 Å². The molecule has 0 unspecified atom stereocenters. The minimum atomic E-state index is -0.590. The number of methoxy groups -OCH3 is 3. The molecule has 8 heteroatoms. The summed E-state index contributed by atoms with van der Waals surface area (Å²) in [6.45, 7) is 0. The number of phenolic OH excluding ortho intramolecular Hbond substituents is 1. The van der Waals surface area contributed by atoms with Gasteiger partial charge in [-0.05, 0) is 51.8 Å². The molecule has 0 aliphatic carbocycles. The van der Waals surface area contributed by atoms with E-state index in [-0.39, 0.29) is 17.1 Å². The van der Waals surface area contributed by atoms with E-state index in [1.807, 2.05) is 6.07 Å². The third-order valence-corrected chi connectivity index (χ3v) is 4.19. The summed E-state index contributed by atoms with van der Waals surface area (Å²) in [6, 6.07) is 9.82. The van der Waals surface area contributed by atoms with Gasteiger partial charge in [-0.1, -0.05) is 0 Å². The number of carbonyl (C=O) groups excluding carboxylic acids is 1. The van der Waals surface area contributed by atoms with E-state index < -0.39 is 5.91 Å². The Kier molecular flexibility index (Phi) is 6.68. The lowest BCUT2D eigenvalue weighted by molar-refractivity contribution is -0.112. The second kappa shape index (κ2) is 8.96. The highest BCUT2D eigenvalue weighted by molar-refractivity contribution is 9.10. The molecule has 0 atom stereocenters. The zero-order valence-corrected chi connectivity index (χ0v) is 16.5. The SMILES string of the molecule is COc1ccc(NC(=O)/C(C#N)=C\c2cc(Br)c(O)c(OC)c2)cc1OC. The third-order valence-electron chi connectivity index (χ3n) is 3.59. The Morgan fingerprint density at radius 3 is 2.37 bits per heavy atom. The number of hydrogen-bond acceptors (Lipinski definition) is 6. The van der Waals surface area contributed by atoms with Crippen LogP contribution in [0.4, 0.5) is 5.69 Å². The monoisotopic (exact) mass is 432 g/mol. The van der Waals surface area contributed by atoms with Crippen molar-refractivity contribution in [2.75, 3.05) is 26.6 Å². The molecule has 140 valence electrons. The number of halogens is 1. The third kappa shape index (κ3) is 4.71. The van der Waals surface area contributed by atoms with Crippen LogP contribution >= 0.6 is 15.9 Å². The first kappa shape index (κ1) is 20.1. The van der Waals surface area contributed by atoms with Gasteiger partial charge >= 0.3 is 0 Å². The summed E-state index contributed by atoms with van der Waals surface area (Å²) >= 11 is 3.20. The van der Waals surface area contributed by atoms with Crippen LogP contribution in [-0.2, 0) is 4.79 Å². The second-order valence-electron chi connectivity index (χ2n) is 5.25. The van der Waals surface area contributed by atoms with Crippen LogP contribution < -0.4 is 19.5 Å². The summed E-state index contributed by atoms with van der Waals surface area (Å²) in [5.41, 5.74) is 0.836. The number of rotatable bonds is 6. The van der Waals surface area contributed by atoms with Crippen LogP contribution in [0.1, 0.15) is 5.56 Å².